The van der Waals surface area contributed by atoms with Crippen molar-refractivity contribution >= 4 is 40.6 Å². The first-order valence-corrected chi connectivity index (χ1v) is 12.5. The minimum absolute atomic E-state index is 0.0211. The standard InChI is InChI=1S/C27H30ClF2N5O3/c1-15(34-21-5-3-18(4-6-21)16(2)36)22(12-31)27(38)35(13-17-9-19(29)11-20(30)10-17)14-24(37)25-23(28)7-8-33-26(25)32/h7-12,18,21H,3-6,13-14,31H2,1-2H3,(H2,32,33). The van der Waals surface area contributed by atoms with Crippen molar-refractivity contribution in [1.82, 2.24) is 9.88 Å². The minimum atomic E-state index is -0.827. The van der Waals surface area contributed by atoms with Gasteiger partial charge in [-0.25, -0.2) is 13.8 Å². The molecule has 0 atom stereocenters. The summed E-state index contributed by atoms with van der Waals surface area (Å²) < 4.78 is 27.8. The van der Waals surface area contributed by atoms with Gasteiger partial charge in [0.05, 0.1) is 28.7 Å². The van der Waals surface area contributed by atoms with Gasteiger partial charge in [0.15, 0.2) is 5.78 Å². The third-order valence-corrected chi connectivity index (χ3v) is 6.88. The number of nitrogens with two attached hydrogens (primary N) is 2. The Morgan fingerprint density at radius 2 is 1.76 bits per heavy atom. The van der Waals surface area contributed by atoms with Crippen molar-refractivity contribution in [1.29, 1.82) is 0 Å². The van der Waals surface area contributed by atoms with Gasteiger partial charge in [-0.2, -0.15) is 0 Å². The number of carbonyl (C=O) groups excluding carboxylic acids is 3. The number of hydrogen-bond donors (Lipinski definition) is 2. The lowest BCUT2D eigenvalue weighted by Gasteiger charge is -2.26. The van der Waals surface area contributed by atoms with Crippen LogP contribution in [0.2, 0.25) is 5.02 Å². The molecule has 38 heavy (non-hydrogen) atoms. The molecule has 1 aromatic carbocycles. The number of aliphatic imine (C=N–C) groups is 1. The number of hydrogen-bond acceptors (Lipinski definition) is 7. The first kappa shape index (κ1) is 28.9. The first-order valence-electron chi connectivity index (χ1n) is 12.1. The van der Waals surface area contributed by atoms with Crippen LogP contribution in [0.4, 0.5) is 14.6 Å². The van der Waals surface area contributed by atoms with Gasteiger partial charge in [0.25, 0.3) is 5.91 Å². The molecule has 1 amide bonds. The molecule has 1 aliphatic rings. The highest BCUT2D eigenvalue weighted by atomic mass is 35.5. The maximum absolute atomic E-state index is 13.9. The van der Waals surface area contributed by atoms with Gasteiger partial charge in [-0.05, 0) is 63.3 Å². The number of anilines is 1. The topological polar surface area (TPSA) is 132 Å². The zero-order valence-corrected chi connectivity index (χ0v) is 22.0. The molecule has 1 heterocycles. The number of Topliss-reactive ketones (excluding diaryl/α,β-unsaturated/α-hetero) is 2. The molecule has 2 aromatic rings. The molecule has 0 aliphatic heterocycles. The summed E-state index contributed by atoms with van der Waals surface area (Å²) in [7, 11) is 0. The Labute approximate surface area is 224 Å². The average Bonchev–Trinajstić information content (AvgIpc) is 2.83. The Morgan fingerprint density at radius 1 is 1.13 bits per heavy atom. The van der Waals surface area contributed by atoms with Crippen LogP contribution in [0.15, 0.2) is 47.2 Å². The molecule has 202 valence electrons. The summed E-state index contributed by atoms with van der Waals surface area (Å²) in [6, 6.07) is 4.15. The second kappa shape index (κ2) is 12.7. The fourth-order valence-electron chi connectivity index (χ4n) is 4.58. The molecule has 3 rings (SSSR count). The van der Waals surface area contributed by atoms with Crippen molar-refractivity contribution < 1.29 is 23.2 Å². The van der Waals surface area contributed by atoms with Gasteiger partial charge in [-0.15, -0.1) is 0 Å². The second-order valence-corrected chi connectivity index (χ2v) is 9.73. The van der Waals surface area contributed by atoms with Crippen molar-refractivity contribution in [2.45, 2.75) is 52.1 Å². The average molecular weight is 546 g/mol. The number of nitrogen functional groups attached to an aromatic ring is 1. The van der Waals surface area contributed by atoms with Gasteiger partial charge in [0.2, 0.25) is 0 Å². The molecule has 0 bridgehead atoms. The summed E-state index contributed by atoms with van der Waals surface area (Å²) in [6.45, 7) is 2.40. The molecule has 0 radical (unpaired) electrons. The molecule has 0 saturated heterocycles. The molecule has 1 aromatic heterocycles. The minimum Gasteiger partial charge on any atom is -0.404 e. The van der Waals surface area contributed by atoms with Crippen molar-refractivity contribution in [3.8, 4) is 0 Å². The van der Waals surface area contributed by atoms with Crippen LogP contribution in [0.25, 0.3) is 0 Å². The Balaban J connectivity index is 1.89. The van der Waals surface area contributed by atoms with Gasteiger partial charge in [-0.3, -0.25) is 19.4 Å². The predicted octanol–water partition coefficient (Wildman–Crippen LogP) is 4.26. The summed E-state index contributed by atoms with van der Waals surface area (Å²) >= 11 is 6.15. The summed E-state index contributed by atoms with van der Waals surface area (Å²) in [5, 5.41) is 0.0557. The van der Waals surface area contributed by atoms with Crippen molar-refractivity contribution in [2.75, 3.05) is 12.3 Å². The van der Waals surface area contributed by atoms with E-state index in [4.69, 9.17) is 23.1 Å². The number of amides is 1. The van der Waals surface area contributed by atoms with E-state index < -0.39 is 29.9 Å². The predicted molar refractivity (Wildman–Crippen MR) is 142 cm³/mol. The monoisotopic (exact) mass is 545 g/mol. The van der Waals surface area contributed by atoms with Gasteiger partial charge in [-0.1, -0.05) is 11.6 Å². The van der Waals surface area contributed by atoms with Crippen LogP contribution in [-0.2, 0) is 16.1 Å². The zero-order valence-electron chi connectivity index (χ0n) is 21.2. The van der Waals surface area contributed by atoms with Crippen LogP contribution in [0.1, 0.15) is 55.5 Å². The third-order valence-electron chi connectivity index (χ3n) is 6.56. The Hall–Kier alpha value is -3.66. The lowest BCUT2D eigenvalue weighted by Crippen LogP contribution is -2.38. The lowest BCUT2D eigenvalue weighted by molar-refractivity contribution is -0.126. The maximum atomic E-state index is 13.9. The van der Waals surface area contributed by atoms with E-state index in [9.17, 15) is 23.2 Å². The fraction of sp³-hybridized carbons (Fsp3) is 0.370. The van der Waals surface area contributed by atoms with Crippen LogP contribution in [-0.4, -0.2) is 45.7 Å². The van der Waals surface area contributed by atoms with Gasteiger partial charge in [0, 0.05) is 36.6 Å². The van der Waals surface area contributed by atoms with E-state index in [1.54, 1.807) is 13.8 Å². The largest absolute Gasteiger partial charge is 0.404 e. The zero-order chi connectivity index (χ0) is 28.0. The normalized spacial score (nSPS) is 18.2. The maximum Gasteiger partial charge on any atom is 0.257 e. The third kappa shape index (κ3) is 7.22. The number of carbonyl (C=O) groups is 3. The lowest BCUT2D eigenvalue weighted by atomic mass is 9.84. The summed E-state index contributed by atoms with van der Waals surface area (Å²) in [5.41, 5.74) is 12.1. The van der Waals surface area contributed by atoms with Crippen LogP contribution >= 0.6 is 11.6 Å². The SMILES string of the molecule is CC(=O)C1CCC(N=C(C)C(=CN)C(=O)N(CC(=O)c2c(Cl)ccnc2N)Cc2cc(F)cc(F)c2)CC1. The van der Waals surface area contributed by atoms with Crippen LogP contribution in [0.5, 0.6) is 0 Å². The molecule has 1 aliphatic carbocycles. The van der Waals surface area contributed by atoms with E-state index in [-0.39, 0.29) is 51.8 Å². The van der Waals surface area contributed by atoms with Gasteiger partial charge in [0.1, 0.15) is 23.2 Å². The quantitative estimate of drug-likeness (QED) is 0.275. The Morgan fingerprint density at radius 3 is 2.32 bits per heavy atom. The van der Waals surface area contributed by atoms with E-state index in [1.807, 2.05) is 0 Å². The molecule has 0 spiro atoms. The van der Waals surface area contributed by atoms with Crippen molar-refractivity contribution in [3.63, 3.8) is 0 Å². The number of pyridine rings is 1. The molecule has 4 N–H and O–H groups in total. The molecule has 1 fully saturated rings. The molecule has 1 saturated carbocycles. The summed E-state index contributed by atoms with van der Waals surface area (Å²) in [5.74, 6) is -2.86. The summed E-state index contributed by atoms with van der Waals surface area (Å²) in [4.78, 5) is 48.1. The molecular formula is C27H30ClF2N5O3. The van der Waals surface area contributed by atoms with Crippen LogP contribution in [0, 0.1) is 17.6 Å². The van der Waals surface area contributed by atoms with Gasteiger partial charge < -0.3 is 16.4 Å². The Kier molecular flexibility index (Phi) is 9.68. The molecular weight excluding hydrogens is 516 g/mol. The smallest absolute Gasteiger partial charge is 0.257 e. The molecule has 11 heteroatoms. The molecule has 0 unspecified atom stereocenters. The van der Waals surface area contributed by atoms with E-state index in [2.05, 4.69) is 9.98 Å². The van der Waals surface area contributed by atoms with Crippen molar-refractivity contribution in [3.05, 3.63) is 70.0 Å². The first-order chi connectivity index (χ1) is 18.0. The highest BCUT2D eigenvalue weighted by Gasteiger charge is 2.28. The number of nitrogens with zero attached hydrogens (tertiary/aromatic N) is 3. The van der Waals surface area contributed by atoms with E-state index in [1.165, 1.54) is 12.3 Å². The number of halogens is 3. The second-order valence-electron chi connectivity index (χ2n) is 9.33. The van der Waals surface area contributed by atoms with Crippen LogP contribution in [0.3, 0.4) is 0 Å². The van der Waals surface area contributed by atoms with E-state index in [0.717, 1.165) is 23.2 Å². The number of rotatable bonds is 9. The van der Waals surface area contributed by atoms with E-state index in [0.29, 0.717) is 37.5 Å². The van der Waals surface area contributed by atoms with Crippen LogP contribution < -0.4 is 11.5 Å². The number of benzene rings is 1. The van der Waals surface area contributed by atoms with Crippen molar-refractivity contribution in [2.24, 2.45) is 16.6 Å². The fourth-order valence-corrected chi connectivity index (χ4v) is 4.83. The highest BCUT2D eigenvalue weighted by Crippen LogP contribution is 2.28. The number of aromatic nitrogens is 1. The highest BCUT2D eigenvalue weighted by molar-refractivity contribution is 6.34. The Bertz CT molecular complexity index is 1250. The number of ketones is 2. The molecule has 8 nitrogen and oxygen atoms in total. The summed E-state index contributed by atoms with van der Waals surface area (Å²) in [6.07, 6.45) is 5.24. The van der Waals surface area contributed by atoms with E-state index >= 15 is 0 Å². The van der Waals surface area contributed by atoms with Gasteiger partial charge >= 0.3 is 0 Å².